The summed E-state index contributed by atoms with van der Waals surface area (Å²) in [6.45, 7) is 3.69. The normalized spacial score (nSPS) is 10.8. The molecule has 0 atom stereocenters. The van der Waals surface area contributed by atoms with Crippen molar-refractivity contribution in [3.63, 3.8) is 0 Å². The highest BCUT2D eigenvalue weighted by molar-refractivity contribution is 14.0. The Morgan fingerprint density at radius 2 is 1.84 bits per heavy atom. The Morgan fingerprint density at radius 1 is 1.12 bits per heavy atom. The Kier molecular flexibility index (Phi) is 9.91. The van der Waals surface area contributed by atoms with Gasteiger partial charge in [-0.05, 0) is 48.6 Å². The van der Waals surface area contributed by atoms with Crippen LogP contribution in [0.2, 0.25) is 0 Å². The summed E-state index contributed by atoms with van der Waals surface area (Å²) in [5, 5.41) is 6.66. The minimum atomic E-state index is 0. The molecular weight excluding hydrogens is 427 g/mol. The van der Waals surface area contributed by atoms with Gasteiger partial charge in [0.1, 0.15) is 5.75 Å². The number of ether oxygens (including phenoxy) is 1. The van der Waals surface area contributed by atoms with Gasteiger partial charge in [-0.25, -0.2) is 0 Å². The number of aromatic nitrogens is 1. The van der Waals surface area contributed by atoms with Crippen LogP contribution >= 0.6 is 24.0 Å². The maximum atomic E-state index is 5.37. The van der Waals surface area contributed by atoms with Crippen molar-refractivity contribution >= 4 is 29.9 Å². The lowest BCUT2D eigenvalue weighted by Crippen LogP contribution is -2.39. The molecule has 2 N–H and O–H groups in total. The van der Waals surface area contributed by atoms with E-state index in [-0.39, 0.29) is 24.0 Å². The topological polar surface area (TPSA) is 58.5 Å². The highest BCUT2D eigenvalue weighted by Gasteiger charge is 2.02. The minimum absolute atomic E-state index is 0. The first-order valence-electron chi connectivity index (χ1n) is 8.20. The molecule has 0 unspecified atom stereocenters. The number of benzene rings is 1. The lowest BCUT2D eigenvalue weighted by Gasteiger charge is -2.12. The number of nitrogens with one attached hydrogen (secondary N) is 2. The quantitative estimate of drug-likeness (QED) is 0.384. The Hall–Kier alpha value is -1.83. The van der Waals surface area contributed by atoms with Gasteiger partial charge < -0.3 is 15.4 Å². The van der Waals surface area contributed by atoms with Crippen LogP contribution in [0.15, 0.2) is 47.7 Å². The summed E-state index contributed by atoms with van der Waals surface area (Å²) in [5.41, 5.74) is 3.62. The van der Waals surface area contributed by atoms with Crippen molar-refractivity contribution in [3.05, 3.63) is 59.4 Å². The molecule has 136 valence electrons. The second-order valence-corrected chi connectivity index (χ2v) is 5.59. The lowest BCUT2D eigenvalue weighted by molar-refractivity contribution is 0.411. The molecule has 0 radical (unpaired) electrons. The van der Waals surface area contributed by atoms with Gasteiger partial charge in [0.25, 0.3) is 0 Å². The lowest BCUT2D eigenvalue weighted by atomic mass is 10.1. The molecular formula is C19H27IN4O. The number of hydrogen-bond donors (Lipinski definition) is 2. The van der Waals surface area contributed by atoms with Gasteiger partial charge in [0.15, 0.2) is 5.96 Å². The first kappa shape index (κ1) is 21.2. The van der Waals surface area contributed by atoms with Gasteiger partial charge in [0, 0.05) is 32.5 Å². The second kappa shape index (κ2) is 11.7. The number of aliphatic imine (C=N–C) groups is 1. The van der Waals surface area contributed by atoms with E-state index >= 15 is 0 Å². The van der Waals surface area contributed by atoms with Crippen molar-refractivity contribution in [3.8, 4) is 5.75 Å². The molecule has 0 aliphatic heterocycles. The van der Waals surface area contributed by atoms with E-state index in [0.717, 1.165) is 43.2 Å². The highest BCUT2D eigenvalue weighted by atomic mass is 127. The van der Waals surface area contributed by atoms with Crippen LogP contribution in [-0.2, 0) is 12.8 Å². The molecule has 1 aromatic carbocycles. The molecule has 25 heavy (non-hydrogen) atoms. The van der Waals surface area contributed by atoms with Crippen molar-refractivity contribution in [2.75, 3.05) is 27.2 Å². The van der Waals surface area contributed by atoms with Gasteiger partial charge in [-0.15, -0.1) is 24.0 Å². The zero-order chi connectivity index (χ0) is 17.2. The number of rotatable bonds is 7. The average molecular weight is 454 g/mol. The predicted octanol–water partition coefficient (Wildman–Crippen LogP) is 2.97. The first-order valence-corrected chi connectivity index (χ1v) is 8.20. The first-order chi connectivity index (χ1) is 11.7. The minimum Gasteiger partial charge on any atom is -0.496 e. The van der Waals surface area contributed by atoms with E-state index in [9.17, 15) is 0 Å². The molecule has 1 aromatic heterocycles. The van der Waals surface area contributed by atoms with Gasteiger partial charge in [-0.2, -0.15) is 0 Å². The molecule has 0 fully saturated rings. The van der Waals surface area contributed by atoms with E-state index in [0.29, 0.717) is 0 Å². The summed E-state index contributed by atoms with van der Waals surface area (Å²) in [6, 6.07) is 10.4. The van der Waals surface area contributed by atoms with Gasteiger partial charge in [-0.3, -0.25) is 9.98 Å². The summed E-state index contributed by atoms with van der Waals surface area (Å²) in [7, 11) is 3.49. The van der Waals surface area contributed by atoms with Crippen molar-refractivity contribution in [1.82, 2.24) is 15.6 Å². The standard InChI is InChI=1S/C19H26N4O.HI/c1-15-6-7-16(13-18(15)24-3)8-11-22-19(20-2)23-12-9-17-5-4-10-21-14-17;/h4-7,10,13-14H,8-9,11-12H2,1-3H3,(H2,20,22,23);1H. The van der Waals surface area contributed by atoms with E-state index in [1.807, 2.05) is 12.3 Å². The van der Waals surface area contributed by atoms with Crippen molar-refractivity contribution < 1.29 is 4.74 Å². The van der Waals surface area contributed by atoms with E-state index in [4.69, 9.17) is 4.74 Å². The smallest absolute Gasteiger partial charge is 0.190 e. The van der Waals surface area contributed by atoms with Crippen LogP contribution in [0, 0.1) is 6.92 Å². The zero-order valence-electron chi connectivity index (χ0n) is 15.1. The zero-order valence-corrected chi connectivity index (χ0v) is 17.4. The molecule has 5 nitrogen and oxygen atoms in total. The fraction of sp³-hybridized carbons (Fsp3) is 0.368. The molecule has 0 saturated carbocycles. The number of nitrogens with zero attached hydrogens (tertiary/aromatic N) is 2. The molecule has 0 amide bonds. The van der Waals surface area contributed by atoms with E-state index in [2.05, 4.69) is 51.8 Å². The van der Waals surface area contributed by atoms with Crippen LogP contribution < -0.4 is 15.4 Å². The van der Waals surface area contributed by atoms with E-state index in [1.165, 1.54) is 11.1 Å². The molecule has 2 rings (SSSR count). The van der Waals surface area contributed by atoms with Crippen LogP contribution in [-0.4, -0.2) is 38.2 Å². The SMILES string of the molecule is CN=C(NCCc1cccnc1)NCCc1ccc(C)c(OC)c1.I. The van der Waals surface area contributed by atoms with Gasteiger partial charge >= 0.3 is 0 Å². The Balaban J connectivity index is 0.00000312. The highest BCUT2D eigenvalue weighted by Crippen LogP contribution is 2.18. The van der Waals surface area contributed by atoms with Crippen molar-refractivity contribution in [2.24, 2.45) is 4.99 Å². The van der Waals surface area contributed by atoms with Gasteiger partial charge in [0.2, 0.25) is 0 Å². The summed E-state index contributed by atoms with van der Waals surface area (Å²) in [6.07, 6.45) is 5.52. The van der Waals surface area contributed by atoms with Crippen LogP contribution in [0.4, 0.5) is 0 Å². The number of hydrogen-bond acceptors (Lipinski definition) is 3. The maximum absolute atomic E-state index is 5.37. The third-order valence-electron chi connectivity index (χ3n) is 3.83. The maximum Gasteiger partial charge on any atom is 0.190 e. The van der Waals surface area contributed by atoms with Crippen molar-refractivity contribution in [2.45, 2.75) is 19.8 Å². The fourth-order valence-electron chi connectivity index (χ4n) is 2.44. The molecule has 0 saturated heterocycles. The molecule has 0 bridgehead atoms. The number of halogens is 1. The largest absolute Gasteiger partial charge is 0.496 e. The van der Waals surface area contributed by atoms with Gasteiger partial charge in [0.05, 0.1) is 7.11 Å². The Morgan fingerprint density at radius 3 is 2.44 bits per heavy atom. The van der Waals surface area contributed by atoms with Crippen LogP contribution in [0.3, 0.4) is 0 Å². The van der Waals surface area contributed by atoms with E-state index in [1.54, 1.807) is 20.4 Å². The third-order valence-corrected chi connectivity index (χ3v) is 3.83. The predicted molar refractivity (Wildman–Crippen MR) is 114 cm³/mol. The molecule has 0 aliphatic carbocycles. The molecule has 2 aromatic rings. The third kappa shape index (κ3) is 7.29. The number of pyridine rings is 1. The summed E-state index contributed by atoms with van der Waals surface area (Å²) in [5.74, 6) is 1.75. The molecule has 0 aliphatic rings. The Bertz CT molecular complexity index is 662. The molecule has 1 heterocycles. The average Bonchev–Trinajstić information content (AvgIpc) is 2.62. The number of methoxy groups -OCH3 is 1. The number of guanidine groups is 1. The molecule has 6 heteroatoms. The summed E-state index contributed by atoms with van der Waals surface area (Å²) < 4.78 is 5.37. The van der Waals surface area contributed by atoms with Gasteiger partial charge in [-0.1, -0.05) is 18.2 Å². The Labute approximate surface area is 167 Å². The van der Waals surface area contributed by atoms with Crippen LogP contribution in [0.1, 0.15) is 16.7 Å². The summed E-state index contributed by atoms with van der Waals surface area (Å²) in [4.78, 5) is 8.37. The molecule has 0 spiro atoms. The fourth-order valence-corrected chi connectivity index (χ4v) is 2.44. The monoisotopic (exact) mass is 454 g/mol. The summed E-state index contributed by atoms with van der Waals surface area (Å²) >= 11 is 0. The van der Waals surface area contributed by atoms with Crippen LogP contribution in [0.25, 0.3) is 0 Å². The van der Waals surface area contributed by atoms with E-state index < -0.39 is 0 Å². The van der Waals surface area contributed by atoms with Crippen LogP contribution in [0.5, 0.6) is 5.75 Å². The van der Waals surface area contributed by atoms with Crippen molar-refractivity contribution in [1.29, 1.82) is 0 Å². The number of aryl methyl sites for hydroxylation is 1. The second-order valence-electron chi connectivity index (χ2n) is 5.59.